The summed E-state index contributed by atoms with van der Waals surface area (Å²) in [6.45, 7) is 2.66. The van der Waals surface area contributed by atoms with Gasteiger partial charge in [0.2, 0.25) is 5.91 Å². The molecule has 4 aromatic rings. The monoisotopic (exact) mass is 465 g/mol. The molecule has 1 aliphatic rings. The number of phenolic OH excluding ortho intramolecular Hbond substituents is 1. The maximum atomic E-state index is 13.8. The molecule has 1 aliphatic heterocycles. The number of aromatic nitrogens is 2. The summed E-state index contributed by atoms with van der Waals surface area (Å²) in [6.07, 6.45) is 0.717. The highest BCUT2D eigenvalue weighted by atomic mass is 16.3. The number of carbonyl (C=O) groups is 1. The number of hydrogen-bond acceptors (Lipinski definition) is 4. The number of benzene rings is 3. The van der Waals surface area contributed by atoms with Crippen molar-refractivity contribution >= 4 is 5.91 Å². The van der Waals surface area contributed by atoms with Crippen molar-refractivity contribution in [3.05, 3.63) is 129 Å². The van der Waals surface area contributed by atoms with E-state index in [1.54, 1.807) is 33.7 Å². The van der Waals surface area contributed by atoms with Crippen LogP contribution in [-0.4, -0.2) is 32.0 Å². The Morgan fingerprint density at radius 1 is 0.943 bits per heavy atom. The Bertz CT molecular complexity index is 1360. The lowest BCUT2D eigenvalue weighted by molar-refractivity contribution is -0.131. The van der Waals surface area contributed by atoms with E-state index in [0.717, 1.165) is 16.7 Å². The fourth-order valence-electron chi connectivity index (χ4n) is 4.80. The van der Waals surface area contributed by atoms with Gasteiger partial charge in [-0.3, -0.25) is 14.2 Å². The average molecular weight is 466 g/mol. The zero-order valence-corrected chi connectivity index (χ0v) is 19.6. The van der Waals surface area contributed by atoms with E-state index in [0.29, 0.717) is 36.6 Å². The van der Waals surface area contributed by atoms with Crippen molar-refractivity contribution in [3.63, 3.8) is 0 Å². The third-order valence-corrected chi connectivity index (χ3v) is 6.58. The van der Waals surface area contributed by atoms with Crippen LogP contribution >= 0.6 is 0 Å². The molecule has 1 aromatic heterocycles. The molecule has 35 heavy (non-hydrogen) atoms. The van der Waals surface area contributed by atoms with E-state index in [9.17, 15) is 14.7 Å². The van der Waals surface area contributed by atoms with Crippen LogP contribution in [0, 0.1) is 6.92 Å². The normalized spacial score (nSPS) is 13.0. The van der Waals surface area contributed by atoms with Gasteiger partial charge in [0.25, 0.3) is 5.56 Å². The topological polar surface area (TPSA) is 75.4 Å². The molecule has 5 rings (SSSR count). The Hall–Kier alpha value is -4.19. The van der Waals surface area contributed by atoms with E-state index >= 15 is 0 Å². The molecule has 176 valence electrons. The second-order valence-corrected chi connectivity index (χ2v) is 8.89. The van der Waals surface area contributed by atoms with Crippen LogP contribution in [-0.2, 0) is 24.2 Å². The van der Waals surface area contributed by atoms with Crippen molar-refractivity contribution in [1.29, 1.82) is 0 Å². The molecule has 0 saturated heterocycles. The molecule has 0 radical (unpaired) electrons. The van der Waals surface area contributed by atoms with Crippen LogP contribution in [0.3, 0.4) is 0 Å². The third-order valence-electron chi connectivity index (χ3n) is 6.58. The predicted octanol–water partition coefficient (Wildman–Crippen LogP) is 4.02. The van der Waals surface area contributed by atoms with Gasteiger partial charge in [0.1, 0.15) is 11.6 Å². The SMILES string of the molecule is Cc1nc2c(c(=O)n1C(c1ccccc1)c1ccccc1)CCN(C(=O)Cc1ccc(O)cc1)C2. The molecule has 0 saturated carbocycles. The maximum absolute atomic E-state index is 13.8. The molecule has 0 atom stereocenters. The van der Waals surface area contributed by atoms with Crippen molar-refractivity contribution in [1.82, 2.24) is 14.5 Å². The van der Waals surface area contributed by atoms with Crippen molar-refractivity contribution in [2.24, 2.45) is 0 Å². The summed E-state index contributed by atoms with van der Waals surface area (Å²) >= 11 is 0. The largest absolute Gasteiger partial charge is 0.508 e. The van der Waals surface area contributed by atoms with Crippen molar-refractivity contribution in [2.75, 3.05) is 6.54 Å². The fourth-order valence-corrected chi connectivity index (χ4v) is 4.80. The van der Waals surface area contributed by atoms with Crippen LogP contribution in [0.4, 0.5) is 0 Å². The van der Waals surface area contributed by atoms with E-state index in [4.69, 9.17) is 4.98 Å². The number of amides is 1. The van der Waals surface area contributed by atoms with Crippen LogP contribution in [0.2, 0.25) is 0 Å². The number of aryl methyl sites for hydroxylation is 1. The van der Waals surface area contributed by atoms with Crippen molar-refractivity contribution in [3.8, 4) is 5.75 Å². The lowest BCUT2D eigenvalue weighted by Gasteiger charge is -2.30. The average Bonchev–Trinajstić information content (AvgIpc) is 2.88. The molecule has 1 N–H and O–H groups in total. The number of rotatable bonds is 5. The van der Waals surface area contributed by atoms with Gasteiger partial charge in [0.15, 0.2) is 0 Å². The molecule has 6 nitrogen and oxygen atoms in total. The van der Waals surface area contributed by atoms with Gasteiger partial charge in [-0.25, -0.2) is 4.98 Å². The van der Waals surface area contributed by atoms with Gasteiger partial charge in [-0.05, 0) is 42.2 Å². The van der Waals surface area contributed by atoms with E-state index < -0.39 is 0 Å². The summed E-state index contributed by atoms with van der Waals surface area (Å²) in [5.74, 6) is 0.782. The molecule has 0 aliphatic carbocycles. The highest BCUT2D eigenvalue weighted by Gasteiger charge is 2.28. The fraction of sp³-hybridized carbons (Fsp3) is 0.207. The van der Waals surface area contributed by atoms with Crippen LogP contribution < -0.4 is 5.56 Å². The van der Waals surface area contributed by atoms with Gasteiger partial charge in [0, 0.05) is 12.1 Å². The first-order valence-corrected chi connectivity index (χ1v) is 11.8. The van der Waals surface area contributed by atoms with Gasteiger partial charge in [0.05, 0.1) is 24.7 Å². The van der Waals surface area contributed by atoms with E-state index in [-0.39, 0.29) is 29.7 Å². The first kappa shape index (κ1) is 22.6. The predicted molar refractivity (Wildman–Crippen MR) is 134 cm³/mol. The first-order valence-electron chi connectivity index (χ1n) is 11.8. The second kappa shape index (κ2) is 9.58. The highest BCUT2D eigenvalue weighted by Crippen LogP contribution is 2.27. The number of fused-ring (bicyclic) bond motifs is 1. The summed E-state index contributed by atoms with van der Waals surface area (Å²) in [5, 5.41) is 9.47. The van der Waals surface area contributed by atoms with Crippen molar-refractivity contribution in [2.45, 2.75) is 32.4 Å². The lowest BCUT2D eigenvalue weighted by atomic mass is 9.97. The number of nitrogens with zero attached hydrogens (tertiary/aromatic N) is 3. The number of aromatic hydroxyl groups is 1. The summed E-state index contributed by atoms with van der Waals surface area (Å²) < 4.78 is 1.79. The number of carbonyl (C=O) groups excluding carboxylic acids is 1. The Kier molecular flexibility index (Phi) is 6.19. The third kappa shape index (κ3) is 4.60. The Balaban J connectivity index is 1.48. The molecule has 1 amide bonds. The Morgan fingerprint density at radius 3 is 2.14 bits per heavy atom. The van der Waals surface area contributed by atoms with Crippen LogP contribution in [0.5, 0.6) is 5.75 Å². The van der Waals surface area contributed by atoms with E-state index in [1.165, 1.54) is 0 Å². The summed E-state index contributed by atoms with van der Waals surface area (Å²) in [7, 11) is 0. The smallest absolute Gasteiger partial charge is 0.257 e. The zero-order valence-electron chi connectivity index (χ0n) is 19.6. The van der Waals surface area contributed by atoms with Crippen LogP contribution in [0.1, 0.15) is 39.8 Å². The zero-order chi connectivity index (χ0) is 24.4. The second-order valence-electron chi connectivity index (χ2n) is 8.89. The quantitative estimate of drug-likeness (QED) is 0.483. The molecule has 0 fully saturated rings. The highest BCUT2D eigenvalue weighted by molar-refractivity contribution is 5.79. The molecule has 6 heteroatoms. The van der Waals surface area contributed by atoms with E-state index in [2.05, 4.69) is 0 Å². The maximum Gasteiger partial charge on any atom is 0.257 e. The standard InChI is InChI=1S/C29H27N3O3/c1-20-30-26-19-31(27(34)18-21-12-14-24(33)15-13-21)17-16-25(26)29(35)32(20)28(22-8-4-2-5-9-22)23-10-6-3-7-11-23/h2-15,28,33H,16-19H2,1H3. The Labute approximate surface area is 204 Å². The minimum Gasteiger partial charge on any atom is -0.508 e. The summed E-state index contributed by atoms with van der Waals surface area (Å²) in [5.41, 5.74) is 4.19. The molecule has 2 heterocycles. The van der Waals surface area contributed by atoms with Gasteiger partial charge >= 0.3 is 0 Å². The van der Waals surface area contributed by atoms with Crippen molar-refractivity contribution < 1.29 is 9.90 Å². The Morgan fingerprint density at radius 2 is 1.54 bits per heavy atom. The van der Waals surface area contributed by atoms with Gasteiger partial charge in [-0.2, -0.15) is 0 Å². The molecule has 0 bridgehead atoms. The summed E-state index contributed by atoms with van der Waals surface area (Å²) in [4.78, 5) is 33.3. The van der Waals surface area contributed by atoms with Gasteiger partial charge in [-0.1, -0.05) is 72.8 Å². The molecule has 0 unspecified atom stereocenters. The minimum absolute atomic E-state index is 0.0172. The number of phenols is 1. The van der Waals surface area contributed by atoms with Crippen LogP contribution in [0.15, 0.2) is 89.7 Å². The molecular formula is C29H27N3O3. The number of hydrogen-bond donors (Lipinski definition) is 1. The van der Waals surface area contributed by atoms with Crippen LogP contribution in [0.25, 0.3) is 0 Å². The summed E-state index contributed by atoms with van der Waals surface area (Å²) in [6, 6.07) is 26.4. The molecular weight excluding hydrogens is 438 g/mol. The first-order chi connectivity index (χ1) is 17.0. The lowest BCUT2D eigenvalue weighted by Crippen LogP contribution is -2.42. The van der Waals surface area contributed by atoms with E-state index in [1.807, 2.05) is 67.6 Å². The van der Waals surface area contributed by atoms with Gasteiger partial charge < -0.3 is 10.0 Å². The molecule has 3 aromatic carbocycles. The minimum atomic E-state index is -0.281. The molecule has 0 spiro atoms. The van der Waals surface area contributed by atoms with Gasteiger partial charge in [-0.15, -0.1) is 0 Å².